The summed E-state index contributed by atoms with van der Waals surface area (Å²) >= 11 is 0. The smallest absolute Gasteiger partial charge is 0.407 e. The third-order valence-corrected chi connectivity index (χ3v) is 3.25. The molecular weight excluding hydrogens is 326 g/mol. The zero-order chi connectivity index (χ0) is 18.4. The highest BCUT2D eigenvalue weighted by Gasteiger charge is 2.15. The molecule has 0 atom stereocenters. The number of carbonyl (C=O) groups excluding carboxylic acids is 1. The summed E-state index contributed by atoms with van der Waals surface area (Å²) in [5.74, 6) is 0.897. The lowest BCUT2D eigenvalue weighted by Crippen LogP contribution is -2.33. The van der Waals surface area contributed by atoms with Crippen LogP contribution in [0.5, 0.6) is 5.75 Å². The fraction of sp³-hybridized carbons (Fsp3) is 0.529. The molecule has 8 heteroatoms. The lowest BCUT2D eigenvalue weighted by molar-refractivity contribution is 0.0518. The number of hydrogen-bond acceptors (Lipinski definition) is 7. The first kappa shape index (κ1) is 18.9. The van der Waals surface area contributed by atoms with E-state index in [0.29, 0.717) is 48.7 Å². The van der Waals surface area contributed by atoms with E-state index >= 15 is 0 Å². The SMILES string of the molecule is COc1cc(COCCCNC(=O)OC(C)(C)C)cc2onc(N)c12. The molecule has 2 aromatic rings. The molecule has 0 fully saturated rings. The highest BCUT2D eigenvalue weighted by molar-refractivity contribution is 5.93. The summed E-state index contributed by atoms with van der Waals surface area (Å²) in [5.41, 5.74) is 6.71. The first-order chi connectivity index (χ1) is 11.8. The van der Waals surface area contributed by atoms with Crippen LogP contribution in [-0.4, -0.2) is 37.1 Å². The summed E-state index contributed by atoms with van der Waals surface area (Å²) in [6.45, 7) is 6.83. The molecule has 2 rings (SSSR count). The van der Waals surface area contributed by atoms with Gasteiger partial charge in [0.15, 0.2) is 11.4 Å². The Kier molecular flexibility index (Phi) is 6.08. The highest BCUT2D eigenvalue weighted by Crippen LogP contribution is 2.32. The van der Waals surface area contributed by atoms with E-state index in [1.54, 1.807) is 7.11 Å². The zero-order valence-electron chi connectivity index (χ0n) is 15.0. The van der Waals surface area contributed by atoms with Gasteiger partial charge in [-0.1, -0.05) is 5.16 Å². The van der Waals surface area contributed by atoms with Crippen LogP contribution < -0.4 is 15.8 Å². The van der Waals surface area contributed by atoms with Crippen molar-refractivity contribution < 1.29 is 23.5 Å². The second-order valence-corrected chi connectivity index (χ2v) is 6.57. The Morgan fingerprint density at radius 1 is 1.36 bits per heavy atom. The standard InChI is InChI=1S/C17H25N3O5/c1-17(2,3)24-16(21)19-6-5-7-23-10-11-8-12(22-4)14-13(9-11)25-20-15(14)18/h8-9H,5-7,10H2,1-4H3,(H2,18,20)(H,19,21). The number of carbonyl (C=O) groups is 1. The van der Waals surface area contributed by atoms with E-state index in [2.05, 4.69) is 10.5 Å². The molecular formula is C17H25N3O5. The Morgan fingerprint density at radius 3 is 2.80 bits per heavy atom. The molecule has 0 aliphatic rings. The van der Waals surface area contributed by atoms with Crippen molar-refractivity contribution in [3.8, 4) is 5.75 Å². The molecule has 3 N–H and O–H groups in total. The van der Waals surface area contributed by atoms with Crippen molar-refractivity contribution >= 4 is 22.9 Å². The van der Waals surface area contributed by atoms with Gasteiger partial charge >= 0.3 is 6.09 Å². The van der Waals surface area contributed by atoms with Crippen LogP contribution in [-0.2, 0) is 16.1 Å². The molecule has 0 spiro atoms. The Morgan fingerprint density at radius 2 is 2.12 bits per heavy atom. The Bertz CT molecular complexity index is 721. The number of alkyl carbamates (subject to hydrolysis) is 1. The second kappa shape index (κ2) is 8.06. The number of nitrogens with one attached hydrogen (secondary N) is 1. The van der Waals surface area contributed by atoms with Crippen molar-refractivity contribution in [2.45, 2.75) is 39.4 Å². The fourth-order valence-electron chi connectivity index (χ4n) is 2.23. The van der Waals surface area contributed by atoms with Gasteiger partial charge in [0.25, 0.3) is 0 Å². The van der Waals surface area contributed by atoms with Gasteiger partial charge in [-0.25, -0.2) is 4.79 Å². The quantitative estimate of drug-likeness (QED) is 0.738. The number of nitrogens with two attached hydrogens (primary N) is 1. The number of benzene rings is 1. The van der Waals surface area contributed by atoms with Gasteiger partial charge < -0.3 is 29.8 Å². The Hall–Kier alpha value is -2.48. The van der Waals surface area contributed by atoms with Crippen LogP contribution in [0, 0.1) is 0 Å². The van der Waals surface area contributed by atoms with Crippen molar-refractivity contribution in [1.29, 1.82) is 0 Å². The van der Waals surface area contributed by atoms with Crippen LogP contribution >= 0.6 is 0 Å². The molecule has 0 saturated carbocycles. The summed E-state index contributed by atoms with van der Waals surface area (Å²) in [7, 11) is 1.56. The summed E-state index contributed by atoms with van der Waals surface area (Å²) in [4.78, 5) is 11.5. The van der Waals surface area contributed by atoms with E-state index in [-0.39, 0.29) is 0 Å². The summed E-state index contributed by atoms with van der Waals surface area (Å²) < 4.78 is 21.3. The molecule has 1 amide bonds. The highest BCUT2D eigenvalue weighted by atomic mass is 16.6. The normalized spacial score (nSPS) is 11.5. The van der Waals surface area contributed by atoms with E-state index < -0.39 is 11.7 Å². The number of aromatic nitrogens is 1. The number of nitrogens with zero attached hydrogens (tertiary/aromatic N) is 1. The van der Waals surface area contributed by atoms with Gasteiger partial charge in [0.05, 0.1) is 13.7 Å². The second-order valence-electron chi connectivity index (χ2n) is 6.57. The molecule has 8 nitrogen and oxygen atoms in total. The van der Waals surface area contributed by atoms with Gasteiger partial charge in [0, 0.05) is 13.2 Å². The van der Waals surface area contributed by atoms with Crippen LogP contribution in [0.2, 0.25) is 0 Å². The average molecular weight is 351 g/mol. The van der Waals surface area contributed by atoms with E-state index in [1.807, 2.05) is 32.9 Å². The van der Waals surface area contributed by atoms with Gasteiger partial charge in [-0.3, -0.25) is 0 Å². The number of methoxy groups -OCH3 is 1. The molecule has 0 radical (unpaired) electrons. The van der Waals surface area contributed by atoms with Crippen molar-refractivity contribution in [3.05, 3.63) is 17.7 Å². The first-order valence-corrected chi connectivity index (χ1v) is 8.06. The van der Waals surface area contributed by atoms with Crippen LogP contribution in [0.15, 0.2) is 16.7 Å². The van der Waals surface area contributed by atoms with E-state index in [0.717, 1.165) is 5.56 Å². The largest absolute Gasteiger partial charge is 0.496 e. The van der Waals surface area contributed by atoms with Crippen LogP contribution in [0.4, 0.5) is 10.6 Å². The number of anilines is 1. The molecule has 1 aromatic heterocycles. The minimum absolute atomic E-state index is 0.299. The third-order valence-electron chi connectivity index (χ3n) is 3.25. The van der Waals surface area contributed by atoms with E-state index in [4.69, 9.17) is 24.5 Å². The molecule has 0 aliphatic heterocycles. The van der Waals surface area contributed by atoms with Gasteiger partial charge in [-0.05, 0) is 44.9 Å². The topological polar surface area (TPSA) is 109 Å². The molecule has 1 aromatic carbocycles. The number of amides is 1. The van der Waals surface area contributed by atoms with Crippen molar-refractivity contribution in [2.75, 3.05) is 26.0 Å². The lowest BCUT2D eigenvalue weighted by atomic mass is 10.1. The molecule has 0 unspecified atom stereocenters. The summed E-state index contributed by atoms with van der Waals surface area (Å²) in [6, 6.07) is 3.66. The molecule has 138 valence electrons. The van der Waals surface area contributed by atoms with Crippen LogP contribution in [0.3, 0.4) is 0 Å². The molecule has 1 heterocycles. The van der Waals surface area contributed by atoms with Crippen molar-refractivity contribution in [2.24, 2.45) is 0 Å². The predicted octanol–water partition coefficient (Wildman–Crippen LogP) is 2.85. The lowest BCUT2D eigenvalue weighted by Gasteiger charge is -2.19. The molecule has 0 aliphatic carbocycles. The maximum atomic E-state index is 11.5. The van der Waals surface area contributed by atoms with Gasteiger partial charge in [-0.2, -0.15) is 0 Å². The number of ether oxygens (including phenoxy) is 3. The molecule has 25 heavy (non-hydrogen) atoms. The summed E-state index contributed by atoms with van der Waals surface area (Å²) in [6.07, 6.45) is 0.249. The van der Waals surface area contributed by atoms with Crippen molar-refractivity contribution in [1.82, 2.24) is 10.5 Å². The predicted molar refractivity (Wildman–Crippen MR) is 93.5 cm³/mol. The fourth-order valence-corrected chi connectivity index (χ4v) is 2.23. The monoisotopic (exact) mass is 351 g/mol. The zero-order valence-corrected chi connectivity index (χ0v) is 15.0. The Balaban J connectivity index is 1.75. The maximum Gasteiger partial charge on any atom is 0.407 e. The molecule has 0 bridgehead atoms. The van der Waals surface area contributed by atoms with E-state index in [1.165, 1.54) is 0 Å². The van der Waals surface area contributed by atoms with Crippen molar-refractivity contribution in [3.63, 3.8) is 0 Å². The van der Waals surface area contributed by atoms with Gasteiger partial charge in [0.1, 0.15) is 16.7 Å². The number of fused-ring (bicyclic) bond motifs is 1. The summed E-state index contributed by atoms with van der Waals surface area (Å²) in [5, 5.41) is 7.08. The average Bonchev–Trinajstić information content (AvgIpc) is 2.89. The first-order valence-electron chi connectivity index (χ1n) is 8.06. The van der Waals surface area contributed by atoms with Crippen LogP contribution in [0.25, 0.3) is 11.0 Å². The van der Waals surface area contributed by atoms with E-state index in [9.17, 15) is 4.79 Å². The van der Waals surface area contributed by atoms with Crippen LogP contribution in [0.1, 0.15) is 32.8 Å². The number of rotatable bonds is 7. The number of hydrogen-bond donors (Lipinski definition) is 2. The molecule has 0 saturated heterocycles. The van der Waals surface area contributed by atoms with Gasteiger partial charge in [-0.15, -0.1) is 0 Å². The minimum Gasteiger partial charge on any atom is -0.496 e. The van der Waals surface area contributed by atoms with Gasteiger partial charge in [0.2, 0.25) is 0 Å². The minimum atomic E-state index is -0.498. The maximum absolute atomic E-state index is 11.5. The third kappa shape index (κ3) is 5.53. The number of nitrogen functional groups attached to an aromatic ring is 1. The Labute approximate surface area is 146 Å².